The smallest absolute Gasteiger partial charge is 0.294 e. The Morgan fingerprint density at radius 3 is 2.90 bits per heavy atom. The van der Waals surface area contributed by atoms with Gasteiger partial charge >= 0.3 is 0 Å². The van der Waals surface area contributed by atoms with Crippen molar-refractivity contribution < 1.29 is 9.31 Å². The van der Waals surface area contributed by atoms with Crippen LogP contribution in [0.25, 0.3) is 0 Å². The Morgan fingerprint density at radius 2 is 2.30 bits per heavy atom. The highest BCUT2D eigenvalue weighted by Crippen LogP contribution is 2.30. The van der Waals surface area contributed by atoms with Crippen LogP contribution in [0.4, 0.5) is 15.8 Å². The van der Waals surface area contributed by atoms with E-state index >= 15 is 0 Å². The zero-order valence-corrected chi connectivity index (χ0v) is 11.4. The maximum Gasteiger partial charge on any atom is 0.294 e. The summed E-state index contributed by atoms with van der Waals surface area (Å²) in [6.45, 7) is 2.80. The van der Waals surface area contributed by atoms with Gasteiger partial charge in [-0.3, -0.25) is 14.8 Å². The zero-order valence-electron chi connectivity index (χ0n) is 10.6. The monoisotopic (exact) mass is 298 g/mol. The SMILES string of the molecule is Cc1cnn(CCNc2cc(F)c(Cl)cc2[N+](=O)[O-])c1. The van der Waals surface area contributed by atoms with Crippen molar-refractivity contribution in [2.24, 2.45) is 0 Å². The van der Waals surface area contributed by atoms with Crippen LogP contribution in [-0.2, 0) is 6.54 Å². The van der Waals surface area contributed by atoms with E-state index in [-0.39, 0.29) is 16.4 Å². The Hall–Kier alpha value is -2.15. The minimum absolute atomic E-state index is 0.0979. The molecule has 0 atom stereocenters. The number of benzene rings is 1. The normalized spacial score (nSPS) is 10.6. The van der Waals surface area contributed by atoms with Gasteiger partial charge in [0.2, 0.25) is 0 Å². The number of hydrogen-bond acceptors (Lipinski definition) is 4. The molecule has 0 saturated heterocycles. The predicted octanol–water partition coefficient (Wildman–Crippen LogP) is 3.00. The Bertz CT molecular complexity index is 644. The fraction of sp³-hybridized carbons (Fsp3) is 0.250. The van der Waals surface area contributed by atoms with E-state index in [1.807, 2.05) is 13.1 Å². The molecule has 1 aromatic carbocycles. The van der Waals surface area contributed by atoms with Crippen molar-refractivity contribution in [3.63, 3.8) is 0 Å². The highest BCUT2D eigenvalue weighted by molar-refractivity contribution is 6.31. The molecule has 0 fully saturated rings. The third-order valence-corrected chi connectivity index (χ3v) is 2.94. The lowest BCUT2D eigenvalue weighted by Crippen LogP contribution is -2.12. The van der Waals surface area contributed by atoms with E-state index in [4.69, 9.17) is 11.6 Å². The average Bonchev–Trinajstić information content (AvgIpc) is 2.79. The van der Waals surface area contributed by atoms with E-state index in [1.54, 1.807) is 10.9 Å². The molecule has 2 aromatic rings. The van der Waals surface area contributed by atoms with Gasteiger partial charge in [-0.15, -0.1) is 0 Å². The number of rotatable bonds is 5. The quantitative estimate of drug-likeness (QED) is 0.680. The molecule has 0 saturated carbocycles. The van der Waals surface area contributed by atoms with Gasteiger partial charge < -0.3 is 5.32 Å². The molecule has 0 aliphatic rings. The van der Waals surface area contributed by atoms with Crippen molar-refractivity contribution in [3.05, 3.63) is 51.0 Å². The molecule has 6 nitrogen and oxygen atoms in total. The maximum absolute atomic E-state index is 13.4. The number of anilines is 1. The van der Waals surface area contributed by atoms with Gasteiger partial charge in [0.25, 0.3) is 5.69 Å². The van der Waals surface area contributed by atoms with Crippen LogP contribution in [0.2, 0.25) is 5.02 Å². The number of nitro benzene ring substituents is 1. The largest absolute Gasteiger partial charge is 0.378 e. The first-order valence-corrected chi connectivity index (χ1v) is 6.21. The van der Waals surface area contributed by atoms with Crippen molar-refractivity contribution in [1.82, 2.24) is 9.78 Å². The van der Waals surface area contributed by atoms with Crippen molar-refractivity contribution in [1.29, 1.82) is 0 Å². The van der Waals surface area contributed by atoms with Crippen LogP contribution < -0.4 is 5.32 Å². The van der Waals surface area contributed by atoms with Gasteiger partial charge in [0.1, 0.15) is 11.5 Å². The maximum atomic E-state index is 13.4. The van der Waals surface area contributed by atoms with E-state index in [1.165, 1.54) is 0 Å². The molecule has 0 unspecified atom stereocenters. The van der Waals surface area contributed by atoms with Crippen molar-refractivity contribution in [3.8, 4) is 0 Å². The Kier molecular flexibility index (Phi) is 4.19. The van der Waals surface area contributed by atoms with Crippen LogP contribution in [0.5, 0.6) is 0 Å². The van der Waals surface area contributed by atoms with Crippen molar-refractivity contribution in [2.45, 2.75) is 13.5 Å². The van der Waals surface area contributed by atoms with Gasteiger partial charge in [0.15, 0.2) is 0 Å². The predicted molar refractivity (Wildman–Crippen MR) is 73.5 cm³/mol. The molecule has 8 heteroatoms. The first kappa shape index (κ1) is 14.3. The third-order valence-electron chi connectivity index (χ3n) is 2.65. The first-order chi connectivity index (χ1) is 9.47. The summed E-state index contributed by atoms with van der Waals surface area (Å²) in [5.41, 5.74) is 0.863. The number of nitro groups is 1. The number of nitrogens with one attached hydrogen (secondary N) is 1. The molecule has 1 aromatic heterocycles. The fourth-order valence-electron chi connectivity index (χ4n) is 1.72. The van der Waals surface area contributed by atoms with Crippen molar-refractivity contribution >= 4 is 23.0 Å². The molecule has 0 bridgehead atoms. The number of halogens is 2. The number of aromatic nitrogens is 2. The van der Waals surface area contributed by atoms with E-state index in [0.717, 1.165) is 17.7 Å². The minimum Gasteiger partial charge on any atom is -0.378 e. The molecular formula is C12H12ClFN4O2. The second-order valence-electron chi connectivity index (χ2n) is 4.25. The summed E-state index contributed by atoms with van der Waals surface area (Å²) in [5.74, 6) is -0.699. The van der Waals surface area contributed by atoms with Gasteiger partial charge in [0, 0.05) is 24.9 Å². The van der Waals surface area contributed by atoms with Gasteiger partial charge in [-0.05, 0) is 12.5 Å². The summed E-state index contributed by atoms with van der Waals surface area (Å²) in [6.07, 6.45) is 3.56. The van der Waals surface area contributed by atoms with Crippen LogP contribution >= 0.6 is 11.6 Å². The van der Waals surface area contributed by atoms with E-state index in [9.17, 15) is 14.5 Å². The molecule has 0 aliphatic heterocycles. The molecule has 2 rings (SSSR count). The standard InChI is InChI=1S/C12H12ClFN4O2/c1-8-6-16-17(7-8)3-2-15-11-5-10(14)9(13)4-12(11)18(19)20/h4-7,15H,2-3H2,1H3. The zero-order chi connectivity index (χ0) is 14.7. The van der Waals surface area contributed by atoms with Gasteiger partial charge in [-0.1, -0.05) is 11.6 Å². The second-order valence-corrected chi connectivity index (χ2v) is 4.66. The van der Waals surface area contributed by atoms with Gasteiger partial charge in [-0.2, -0.15) is 5.10 Å². The molecule has 20 heavy (non-hydrogen) atoms. The molecule has 0 amide bonds. The van der Waals surface area contributed by atoms with Crippen molar-refractivity contribution in [2.75, 3.05) is 11.9 Å². The summed E-state index contributed by atoms with van der Waals surface area (Å²) in [5, 5.41) is 17.5. The summed E-state index contributed by atoms with van der Waals surface area (Å²) in [7, 11) is 0. The topological polar surface area (TPSA) is 73.0 Å². The van der Waals surface area contributed by atoms with E-state index in [0.29, 0.717) is 13.1 Å². The molecule has 0 spiro atoms. The highest BCUT2D eigenvalue weighted by Gasteiger charge is 2.17. The fourth-order valence-corrected chi connectivity index (χ4v) is 1.88. The second kappa shape index (κ2) is 5.87. The molecule has 0 aliphatic carbocycles. The Morgan fingerprint density at radius 1 is 1.55 bits per heavy atom. The highest BCUT2D eigenvalue weighted by atomic mass is 35.5. The van der Waals surface area contributed by atoms with Gasteiger partial charge in [0.05, 0.1) is 22.7 Å². The molecule has 1 N–H and O–H groups in total. The Balaban J connectivity index is 2.08. The van der Waals surface area contributed by atoms with Crippen LogP contribution in [0.3, 0.4) is 0 Å². The number of hydrogen-bond donors (Lipinski definition) is 1. The minimum atomic E-state index is -0.699. The Labute approximate surface area is 119 Å². The number of aryl methyl sites for hydroxylation is 1. The van der Waals surface area contributed by atoms with Crippen LogP contribution in [0.1, 0.15) is 5.56 Å². The third kappa shape index (κ3) is 3.24. The molecular weight excluding hydrogens is 287 g/mol. The van der Waals surface area contributed by atoms with Crippen LogP contribution in [-0.4, -0.2) is 21.2 Å². The van der Waals surface area contributed by atoms with Crippen LogP contribution in [0, 0.1) is 22.9 Å². The van der Waals surface area contributed by atoms with E-state index < -0.39 is 10.7 Å². The van der Waals surface area contributed by atoms with Gasteiger partial charge in [-0.25, -0.2) is 4.39 Å². The first-order valence-electron chi connectivity index (χ1n) is 5.83. The average molecular weight is 299 g/mol. The summed E-state index contributed by atoms with van der Waals surface area (Å²) >= 11 is 5.54. The lowest BCUT2D eigenvalue weighted by Gasteiger charge is -2.08. The molecule has 106 valence electrons. The van der Waals surface area contributed by atoms with Crippen LogP contribution in [0.15, 0.2) is 24.5 Å². The number of nitrogens with zero attached hydrogens (tertiary/aromatic N) is 3. The van der Waals surface area contributed by atoms with E-state index in [2.05, 4.69) is 10.4 Å². The molecule has 1 heterocycles. The summed E-state index contributed by atoms with van der Waals surface area (Å²) in [4.78, 5) is 10.3. The summed E-state index contributed by atoms with van der Waals surface area (Å²) < 4.78 is 15.1. The molecule has 0 radical (unpaired) electrons. The lowest BCUT2D eigenvalue weighted by molar-refractivity contribution is -0.384. The lowest BCUT2D eigenvalue weighted by atomic mass is 10.2. The summed E-state index contributed by atoms with van der Waals surface area (Å²) in [6, 6.07) is 2.02.